The van der Waals surface area contributed by atoms with Gasteiger partial charge in [0.1, 0.15) is 6.61 Å². The average Bonchev–Trinajstić information content (AvgIpc) is 2.83. The van der Waals surface area contributed by atoms with E-state index >= 15 is 0 Å². The molecule has 1 atom stereocenters. The van der Waals surface area contributed by atoms with Gasteiger partial charge < -0.3 is 10.0 Å². The van der Waals surface area contributed by atoms with E-state index in [1.807, 2.05) is 17.0 Å². The van der Waals surface area contributed by atoms with Crippen LogP contribution in [0.4, 0.5) is 0 Å². The summed E-state index contributed by atoms with van der Waals surface area (Å²) < 4.78 is 0. The summed E-state index contributed by atoms with van der Waals surface area (Å²) in [6.45, 7) is 3.34. The number of aliphatic hydroxyl groups excluding tert-OH is 1. The summed E-state index contributed by atoms with van der Waals surface area (Å²) in [6, 6.07) is 5.65. The predicted octanol–water partition coefficient (Wildman–Crippen LogP) is 1.98. The molecule has 0 bridgehead atoms. The molecule has 1 aliphatic heterocycles. The zero-order chi connectivity index (χ0) is 15.7. The van der Waals surface area contributed by atoms with Crippen molar-refractivity contribution in [2.45, 2.75) is 39.0 Å². The number of Topliss-reactive ketones (excluding diaryl/α,β-unsaturated/α-hetero) is 1. The van der Waals surface area contributed by atoms with Crippen LogP contribution in [0.2, 0.25) is 0 Å². The van der Waals surface area contributed by atoms with Gasteiger partial charge in [0.2, 0.25) is 5.91 Å². The Bertz CT molecular complexity index is 610. The van der Waals surface area contributed by atoms with Gasteiger partial charge in [0.15, 0.2) is 5.78 Å². The average molecular weight is 301 g/mol. The number of aliphatic hydroxyl groups is 1. The molecule has 1 aromatic carbocycles. The van der Waals surface area contributed by atoms with Crippen LogP contribution < -0.4 is 0 Å². The lowest BCUT2D eigenvalue weighted by Gasteiger charge is -2.33. The first-order valence-corrected chi connectivity index (χ1v) is 8.15. The standard InChI is InChI=1S/C18H23NO3/c1-2-8-19-9-7-18(17(19)22)6-5-13-3-4-14(16(21)12-20)10-15(13)11-18/h3-4,10,20H,2,5-9,11-12H2,1H3/t18-/m1/s1. The molecule has 0 saturated carbocycles. The van der Waals surface area contributed by atoms with Gasteiger partial charge in [0.05, 0.1) is 5.41 Å². The number of carbonyl (C=O) groups excluding carboxylic acids is 2. The Balaban J connectivity index is 1.87. The molecule has 3 rings (SSSR count). The Labute approximate surface area is 131 Å². The second-order valence-corrected chi connectivity index (χ2v) is 6.56. The van der Waals surface area contributed by atoms with E-state index in [9.17, 15) is 9.59 Å². The molecule has 1 spiro atoms. The normalized spacial score (nSPS) is 23.9. The lowest BCUT2D eigenvalue weighted by molar-refractivity contribution is -0.136. The van der Waals surface area contributed by atoms with Crippen molar-refractivity contribution in [1.29, 1.82) is 0 Å². The molecule has 1 saturated heterocycles. The van der Waals surface area contributed by atoms with Crippen LogP contribution in [0.1, 0.15) is 47.7 Å². The Kier molecular flexibility index (Phi) is 4.04. The minimum atomic E-state index is -0.465. The van der Waals surface area contributed by atoms with Crippen LogP contribution in [0.15, 0.2) is 18.2 Å². The zero-order valence-corrected chi connectivity index (χ0v) is 13.1. The number of rotatable bonds is 4. The van der Waals surface area contributed by atoms with Crippen LogP contribution in [0.5, 0.6) is 0 Å². The number of aryl methyl sites for hydroxylation is 1. The first-order chi connectivity index (χ1) is 10.6. The topological polar surface area (TPSA) is 57.6 Å². The van der Waals surface area contributed by atoms with Crippen molar-refractivity contribution in [2.24, 2.45) is 5.41 Å². The number of carbonyl (C=O) groups is 2. The molecule has 1 aromatic rings. The van der Waals surface area contributed by atoms with Crippen molar-refractivity contribution < 1.29 is 14.7 Å². The van der Waals surface area contributed by atoms with Crippen LogP contribution in [-0.2, 0) is 17.6 Å². The lowest BCUT2D eigenvalue weighted by atomic mass is 9.70. The SMILES string of the molecule is CCCN1CC[C@@]2(CCc3ccc(C(=O)CO)cc3C2)C1=O. The van der Waals surface area contributed by atoms with Crippen LogP contribution in [0, 0.1) is 5.41 Å². The summed E-state index contributed by atoms with van der Waals surface area (Å²) in [5, 5.41) is 9.02. The lowest BCUT2D eigenvalue weighted by Crippen LogP contribution is -2.39. The molecule has 0 radical (unpaired) electrons. The van der Waals surface area contributed by atoms with Crippen molar-refractivity contribution >= 4 is 11.7 Å². The van der Waals surface area contributed by atoms with Gasteiger partial charge >= 0.3 is 0 Å². The van der Waals surface area contributed by atoms with Gasteiger partial charge in [0.25, 0.3) is 0 Å². The highest BCUT2D eigenvalue weighted by Crippen LogP contribution is 2.43. The molecule has 4 heteroatoms. The molecule has 1 N–H and O–H groups in total. The first-order valence-electron chi connectivity index (χ1n) is 8.15. The molecular formula is C18H23NO3. The monoisotopic (exact) mass is 301 g/mol. The van der Waals surface area contributed by atoms with E-state index < -0.39 is 6.61 Å². The smallest absolute Gasteiger partial charge is 0.229 e. The van der Waals surface area contributed by atoms with Crippen LogP contribution >= 0.6 is 0 Å². The highest BCUT2D eigenvalue weighted by Gasteiger charge is 2.47. The van der Waals surface area contributed by atoms with Crippen molar-refractivity contribution in [1.82, 2.24) is 4.90 Å². The highest BCUT2D eigenvalue weighted by atomic mass is 16.3. The molecule has 0 unspecified atom stereocenters. The van der Waals surface area contributed by atoms with Crippen molar-refractivity contribution in [3.05, 3.63) is 34.9 Å². The molecule has 1 aliphatic carbocycles. The number of amides is 1. The maximum absolute atomic E-state index is 12.8. The summed E-state index contributed by atoms with van der Waals surface area (Å²) in [5.74, 6) is 0.0340. The van der Waals surface area contributed by atoms with Gasteiger partial charge in [-0.25, -0.2) is 0 Å². The van der Waals surface area contributed by atoms with Crippen molar-refractivity contribution in [2.75, 3.05) is 19.7 Å². The Morgan fingerprint density at radius 2 is 2.14 bits per heavy atom. The van der Waals surface area contributed by atoms with Crippen molar-refractivity contribution in [3.63, 3.8) is 0 Å². The van der Waals surface area contributed by atoms with E-state index in [2.05, 4.69) is 6.92 Å². The number of fused-ring (bicyclic) bond motifs is 1. The van der Waals surface area contributed by atoms with Crippen LogP contribution in [0.25, 0.3) is 0 Å². The number of ketones is 1. The van der Waals surface area contributed by atoms with Crippen LogP contribution in [-0.4, -0.2) is 41.4 Å². The zero-order valence-electron chi connectivity index (χ0n) is 13.1. The number of hydrogen-bond acceptors (Lipinski definition) is 3. The fourth-order valence-electron chi connectivity index (χ4n) is 3.90. The Morgan fingerprint density at radius 1 is 1.32 bits per heavy atom. The minimum absolute atomic E-state index is 0.257. The molecule has 1 heterocycles. The van der Waals surface area contributed by atoms with Gasteiger partial charge in [-0.3, -0.25) is 9.59 Å². The first kappa shape index (κ1) is 15.2. The summed E-state index contributed by atoms with van der Waals surface area (Å²) in [4.78, 5) is 26.5. The summed E-state index contributed by atoms with van der Waals surface area (Å²) in [6.07, 6.45) is 4.45. The summed E-state index contributed by atoms with van der Waals surface area (Å²) >= 11 is 0. The maximum Gasteiger partial charge on any atom is 0.229 e. The molecule has 4 nitrogen and oxygen atoms in total. The van der Waals surface area contributed by atoms with E-state index in [4.69, 9.17) is 5.11 Å². The molecule has 22 heavy (non-hydrogen) atoms. The molecule has 1 fully saturated rings. The highest BCUT2D eigenvalue weighted by molar-refractivity contribution is 5.97. The van der Waals surface area contributed by atoms with E-state index in [0.717, 1.165) is 50.8 Å². The number of benzene rings is 1. The van der Waals surface area contributed by atoms with Gasteiger partial charge in [-0.2, -0.15) is 0 Å². The second kappa shape index (κ2) is 5.84. The van der Waals surface area contributed by atoms with E-state index in [1.165, 1.54) is 5.56 Å². The molecule has 1 amide bonds. The summed E-state index contributed by atoms with van der Waals surface area (Å²) in [5.41, 5.74) is 2.64. The second-order valence-electron chi connectivity index (χ2n) is 6.56. The van der Waals surface area contributed by atoms with Gasteiger partial charge in [-0.1, -0.05) is 19.1 Å². The largest absolute Gasteiger partial charge is 0.388 e. The van der Waals surface area contributed by atoms with Crippen LogP contribution in [0.3, 0.4) is 0 Å². The fraction of sp³-hybridized carbons (Fsp3) is 0.556. The quantitative estimate of drug-likeness (QED) is 0.865. The summed E-state index contributed by atoms with van der Waals surface area (Å²) in [7, 11) is 0. The third-order valence-electron chi connectivity index (χ3n) is 5.17. The Morgan fingerprint density at radius 3 is 2.86 bits per heavy atom. The maximum atomic E-state index is 12.8. The van der Waals surface area contributed by atoms with Gasteiger partial charge in [0, 0.05) is 18.7 Å². The number of hydrogen-bond donors (Lipinski definition) is 1. The fourth-order valence-corrected chi connectivity index (χ4v) is 3.90. The predicted molar refractivity (Wildman–Crippen MR) is 83.8 cm³/mol. The number of likely N-dealkylation sites (tertiary alicyclic amines) is 1. The van der Waals surface area contributed by atoms with Gasteiger partial charge in [-0.05, 0) is 49.3 Å². The van der Waals surface area contributed by atoms with E-state index in [1.54, 1.807) is 6.07 Å². The molecule has 118 valence electrons. The van der Waals surface area contributed by atoms with Gasteiger partial charge in [-0.15, -0.1) is 0 Å². The minimum Gasteiger partial charge on any atom is -0.388 e. The third-order valence-corrected chi connectivity index (χ3v) is 5.17. The number of nitrogens with zero attached hydrogens (tertiary/aromatic N) is 1. The van der Waals surface area contributed by atoms with E-state index in [0.29, 0.717) is 11.5 Å². The molecule has 2 aliphatic rings. The molecule has 0 aromatic heterocycles. The third kappa shape index (κ3) is 2.45. The van der Waals surface area contributed by atoms with Crippen molar-refractivity contribution in [3.8, 4) is 0 Å². The van der Waals surface area contributed by atoms with E-state index in [-0.39, 0.29) is 11.2 Å². The molecular weight excluding hydrogens is 278 g/mol. The Hall–Kier alpha value is -1.68.